The second kappa shape index (κ2) is 5.26. The Kier molecular flexibility index (Phi) is 3.89. The van der Waals surface area contributed by atoms with Gasteiger partial charge in [0.2, 0.25) is 10.0 Å². The van der Waals surface area contributed by atoms with Gasteiger partial charge in [0.1, 0.15) is 0 Å². The molecule has 3 N–H and O–H groups in total. The number of benzene rings is 1. The molecule has 1 atom stereocenters. The molecule has 1 heterocycles. The molecule has 1 aromatic carbocycles. The van der Waals surface area contributed by atoms with Crippen molar-refractivity contribution in [2.45, 2.75) is 23.8 Å². The average Bonchev–Trinajstić information content (AvgIpc) is 2.39. The minimum atomic E-state index is -3.35. The van der Waals surface area contributed by atoms with Crippen molar-refractivity contribution in [1.29, 1.82) is 0 Å². The number of nitrogens with zero attached hydrogens (tertiary/aromatic N) is 1. The van der Waals surface area contributed by atoms with E-state index in [2.05, 4.69) is 9.62 Å². The van der Waals surface area contributed by atoms with Crippen LogP contribution in [0.3, 0.4) is 0 Å². The number of sulfonamides is 1. The Hall–Kier alpha value is -1.11. The van der Waals surface area contributed by atoms with Gasteiger partial charge >= 0.3 is 0 Å². The minimum Gasteiger partial charge on any atom is -0.370 e. The molecule has 0 radical (unpaired) electrons. The number of piperidine rings is 1. The molecule has 0 spiro atoms. The summed E-state index contributed by atoms with van der Waals surface area (Å²) in [5.41, 5.74) is 6.96. The maximum Gasteiger partial charge on any atom is 0.240 e. The molecule has 1 aromatic rings. The maximum atomic E-state index is 11.6. The lowest BCUT2D eigenvalue weighted by atomic mass is 10.1. The molecule has 1 saturated heterocycles. The third kappa shape index (κ3) is 2.82. The largest absolute Gasteiger partial charge is 0.370 e. The average molecular weight is 269 g/mol. The Morgan fingerprint density at radius 3 is 2.56 bits per heavy atom. The van der Waals surface area contributed by atoms with Crippen LogP contribution in [-0.4, -0.2) is 34.6 Å². The van der Waals surface area contributed by atoms with E-state index in [0.29, 0.717) is 0 Å². The third-order valence-electron chi connectivity index (χ3n) is 3.24. The molecule has 0 bridgehead atoms. The lowest BCUT2D eigenvalue weighted by Gasteiger charge is -2.32. The molecular weight excluding hydrogens is 250 g/mol. The van der Waals surface area contributed by atoms with Gasteiger partial charge in [-0.15, -0.1) is 0 Å². The number of anilines is 1. The molecule has 5 nitrogen and oxygen atoms in total. The second-order valence-corrected chi connectivity index (χ2v) is 6.44. The van der Waals surface area contributed by atoms with Crippen LogP contribution in [0.2, 0.25) is 0 Å². The van der Waals surface area contributed by atoms with E-state index in [1.165, 1.54) is 7.05 Å². The van der Waals surface area contributed by atoms with E-state index in [4.69, 9.17) is 5.73 Å². The van der Waals surface area contributed by atoms with Crippen molar-refractivity contribution in [1.82, 2.24) is 4.72 Å². The molecule has 0 aromatic heterocycles. The van der Waals surface area contributed by atoms with Crippen LogP contribution in [0.5, 0.6) is 0 Å². The normalized spacial score (nSPS) is 21.0. The monoisotopic (exact) mass is 269 g/mol. The van der Waals surface area contributed by atoms with E-state index in [9.17, 15) is 8.42 Å². The first-order valence-corrected chi connectivity index (χ1v) is 7.55. The predicted octanol–water partition coefficient (Wildman–Crippen LogP) is 0.522. The molecule has 0 saturated carbocycles. The highest BCUT2D eigenvalue weighted by Crippen LogP contribution is 2.21. The SMILES string of the molecule is CNS(=O)(=O)c1ccc(N2CCC[C@@H](N)C2)cc1. The lowest BCUT2D eigenvalue weighted by molar-refractivity contribution is 0.506. The van der Waals surface area contributed by atoms with Gasteiger partial charge in [-0.2, -0.15) is 0 Å². The number of nitrogens with one attached hydrogen (secondary N) is 1. The molecule has 2 rings (SSSR count). The number of rotatable bonds is 3. The summed E-state index contributed by atoms with van der Waals surface area (Å²) in [6, 6.07) is 7.13. The molecular formula is C12H19N3O2S. The van der Waals surface area contributed by atoms with Crippen LogP contribution in [0.4, 0.5) is 5.69 Å². The number of hydrogen-bond donors (Lipinski definition) is 2. The molecule has 100 valence electrons. The summed E-state index contributed by atoms with van der Waals surface area (Å²) in [6.07, 6.45) is 2.14. The van der Waals surface area contributed by atoms with Crippen LogP contribution in [0.15, 0.2) is 29.2 Å². The van der Waals surface area contributed by atoms with E-state index in [1.807, 2.05) is 12.1 Å². The van der Waals surface area contributed by atoms with Crippen molar-refractivity contribution in [2.75, 3.05) is 25.0 Å². The fourth-order valence-electron chi connectivity index (χ4n) is 2.20. The summed E-state index contributed by atoms with van der Waals surface area (Å²) >= 11 is 0. The van der Waals surface area contributed by atoms with Crippen LogP contribution < -0.4 is 15.4 Å². The topological polar surface area (TPSA) is 75.4 Å². The van der Waals surface area contributed by atoms with Crippen LogP contribution >= 0.6 is 0 Å². The van der Waals surface area contributed by atoms with Crippen LogP contribution in [-0.2, 0) is 10.0 Å². The van der Waals surface area contributed by atoms with Gasteiger partial charge in [0.25, 0.3) is 0 Å². The summed E-state index contributed by atoms with van der Waals surface area (Å²) in [4.78, 5) is 2.49. The Balaban J connectivity index is 2.17. The van der Waals surface area contributed by atoms with E-state index >= 15 is 0 Å². The second-order valence-electron chi connectivity index (χ2n) is 4.55. The summed E-state index contributed by atoms with van der Waals surface area (Å²) in [7, 11) is -1.94. The summed E-state index contributed by atoms with van der Waals surface area (Å²) < 4.78 is 25.5. The van der Waals surface area contributed by atoms with Crippen molar-refractivity contribution in [2.24, 2.45) is 5.73 Å². The minimum absolute atomic E-state index is 0.208. The first kappa shape index (κ1) is 13.3. The summed E-state index contributed by atoms with van der Waals surface area (Å²) in [6.45, 7) is 1.81. The van der Waals surface area contributed by atoms with Gasteiger partial charge < -0.3 is 10.6 Å². The van der Waals surface area contributed by atoms with Gasteiger partial charge in [-0.3, -0.25) is 0 Å². The van der Waals surface area contributed by atoms with Gasteiger partial charge in [-0.05, 0) is 44.2 Å². The summed E-state index contributed by atoms with van der Waals surface area (Å²) in [5.74, 6) is 0. The van der Waals surface area contributed by atoms with Crippen molar-refractivity contribution < 1.29 is 8.42 Å². The van der Waals surface area contributed by atoms with Crippen molar-refractivity contribution >= 4 is 15.7 Å². The molecule has 1 aliphatic rings. The summed E-state index contributed by atoms with van der Waals surface area (Å²) in [5, 5.41) is 0. The fourth-order valence-corrected chi connectivity index (χ4v) is 2.93. The van der Waals surface area contributed by atoms with Gasteiger partial charge in [0.15, 0.2) is 0 Å². The maximum absolute atomic E-state index is 11.6. The van der Waals surface area contributed by atoms with Crippen LogP contribution in [0.25, 0.3) is 0 Å². The van der Waals surface area contributed by atoms with Crippen LogP contribution in [0, 0.1) is 0 Å². The zero-order valence-corrected chi connectivity index (χ0v) is 11.3. The smallest absolute Gasteiger partial charge is 0.240 e. The molecule has 18 heavy (non-hydrogen) atoms. The fraction of sp³-hybridized carbons (Fsp3) is 0.500. The molecule has 1 aliphatic heterocycles. The first-order chi connectivity index (χ1) is 8.53. The highest BCUT2D eigenvalue weighted by Gasteiger charge is 2.17. The predicted molar refractivity (Wildman–Crippen MR) is 72.1 cm³/mol. The van der Waals surface area contributed by atoms with Gasteiger partial charge in [0, 0.05) is 24.8 Å². The van der Waals surface area contributed by atoms with Crippen molar-refractivity contribution in [3.63, 3.8) is 0 Å². The number of nitrogens with two attached hydrogens (primary N) is 1. The molecule has 0 unspecified atom stereocenters. The van der Waals surface area contributed by atoms with Crippen LogP contribution in [0.1, 0.15) is 12.8 Å². The van der Waals surface area contributed by atoms with Gasteiger partial charge in [0.05, 0.1) is 4.90 Å². The van der Waals surface area contributed by atoms with E-state index in [0.717, 1.165) is 31.6 Å². The highest BCUT2D eigenvalue weighted by molar-refractivity contribution is 7.89. The van der Waals surface area contributed by atoms with Crippen molar-refractivity contribution in [3.05, 3.63) is 24.3 Å². The van der Waals surface area contributed by atoms with Crippen molar-refractivity contribution in [3.8, 4) is 0 Å². The third-order valence-corrected chi connectivity index (χ3v) is 4.67. The molecule has 6 heteroatoms. The first-order valence-electron chi connectivity index (χ1n) is 6.07. The Morgan fingerprint density at radius 1 is 1.33 bits per heavy atom. The van der Waals surface area contributed by atoms with E-state index in [-0.39, 0.29) is 10.9 Å². The standard InChI is InChI=1S/C12H19N3O2S/c1-14-18(16,17)12-6-4-11(5-7-12)15-8-2-3-10(13)9-15/h4-7,10,14H,2-3,8-9,13H2,1H3/t10-/m1/s1. The Bertz CT molecular complexity index is 499. The molecule has 1 fully saturated rings. The highest BCUT2D eigenvalue weighted by atomic mass is 32.2. The Labute approximate surface area is 108 Å². The van der Waals surface area contributed by atoms with E-state index < -0.39 is 10.0 Å². The zero-order valence-electron chi connectivity index (χ0n) is 10.5. The molecule has 0 amide bonds. The van der Waals surface area contributed by atoms with E-state index in [1.54, 1.807) is 12.1 Å². The zero-order chi connectivity index (χ0) is 13.2. The van der Waals surface area contributed by atoms with Gasteiger partial charge in [-0.1, -0.05) is 0 Å². The quantitative estimate of drug-likeness (QED) is 0.839. The number of hydrogen-bond acceptors (Lipinski definition) is 4. The molecule has 0 aliphatic carbocycles. The Morgan fingerprint density at radius 2 is 2.00 bits per heavy atom. The van der Waals surface area contributed by atoms with Gasteiger partial charge in [-0.25, -0.2) is 13.1 Å². The lowest BCUT2D eigenvalue weighted by Crippen LogP contribution is -2.42.